The molecule has 1 aliphatic heterocycles. The number of sulfone groups is 1. The Hall–Kier alpha value is -3.29. The van der Waals surface area contributed by atoms with Crippen LogP contribution < -0.4 is 5.32 Å². The van der Waals surface area contributed by atoms with Crippen LogP contribution in [0.4, 0.5) is 0 Å². The predicted molar refractivity (Wildman–Crippen MR) is 126 cm³/mol. The van der Waals surface area contributed by atoms with Crippen LogP contribution in [-0.4, -0.2) is 44.6 Å². The van der Waals surface area contributed by atoms with Gasteiger partial charge in [0.2, 0.25) is 9.84 Å². The highest BCUT2D eigenvalue weighted by Gasteiger charge is 2.35. The van der Waals surface area contributed by atoms with Gasteiger partial charge in [-0.3, -0.25) is 14.5 Å². The van der Waals surface area contributed by atoms with E-state index in [2.05, 4.69) is 24.1 Å². The van der Waals surface area contributed by atoms with E-state index in [-0.39, 0.29) is 44.2 Å². The number of rotatable bonds is 7. The smallest absolute Gasteiger partial charge is 0.251 e. The standard InChI is InChI=1S/C26H26N2O4S/c1-3-28(4-2)22(18-10-6-5-7-11-18)17-27-26(30)19-14-15-21-24(16-19)33(31,32)23-13-9-8-12-20(23)25(21)29/h5-16,22H,3-4,17H2,1-2H3,(H,27,30). The predicted octanol–water partition coefficient (Wildman–Crippen LogP) is 3.88. The van der Waals surface area contributed by atoms with Crippen LogP contribution in [0.3, 0.4) is 0 Å². The molecule has 170 valence electrons. The maximum absolute atomic E-state index is 13.1. The maximum Gasteiger partial charge on any atom is 0.251 e. The molecule has 7 heteroatoms. The Balaban J connectivity index is 1.61. The van der Waals surface area contributed by atoms with Gasteiger partial charge in [-0.25, -0.2) is 8.42 Å². The summed E-state index contributed by atoms with van der Waals surface area (Å²) in [6.45, 7) is 6.17. The first-order valence-electron chi connectivity index (χ1n) is 11.0. The minimum atomic E-state index is -3.89. The number of fused-ring (bicyclic) bond motifs is 2. The van der Waals surface area contributed by atoms with Crippen molar-refractivity contribution in [3.63, 3.8) is 0 Å². The average molecular weight is 463 g/mol. The van der Waals surface area contributed by atoms with E-state index in [1.165, 1.54) is 30.3 Å². The number of carbonyl (C=O) groups is 2. The highest BCUT2D eigenvalue weighted by molar-refractivity contribution is 7.91. The molecular formula is C26H26N2O4S. The summed E-state index contributed by atoms with van der Waals surface area (Å²) in [4.78, 5) is 27.9. The lowest BCUT2D eigenvalue weighted by atomic mass is 10.0. The number of likely N-dealkylation sites (N-methyl/N-ethyl adjacent to an activating group) is 1. The first-order chi connectivity index (χ1) is 15.9. The molecule has 1 aliphatic rings. The molecule has 0 aromatic heterocycles. The number of hydrogen-bond acceptors (Lipinski definition) is 5. The molecule has 0 saturated carbocycles. The SMILES string of the molecule is CCN(CC)C(CNC(=O)c1ccc2c(c1)S(=O)(=O)c1ccccc1C2=O)c1ccccc1. The fraction of sp³-hybridized carbons (Fsp3) is 0.231. The molecular weight excluding hydrogens is 436 g/mol. The van der Waals surface area contributed by atoms with E-state index in [1.807, 2.05) is 30.3 Å². The van der Waals surface area contributed by atoms with Crippen LogP contribution in [0.2, 0.25) is 0 Å². The van der Waals surface area contributed by atoms with Crippen molar-refractivity contribution in [1.29, 1.82) is 0 Å². The lowest BCUT2D eigenvalue weighted by Gasteiger charge is -2.30. The van der Waals surface area contributed by atoms with Crippen molar-refractivity contribution >= 4 is 21.5 Å². The van der Waals surface area contributed by atoms with Crippen molar-refractivity contribution in [2.45, 2.75) is 29.7 Å². The number of nitrogens with zero attached hydrogens (tertiary/aromatic N) is 1. The molecule has 0 radical (unpaired) electrons. The zero-order valence-electron chi connectivity index (χ0n) is 18.6. The number of benzene rings is 3. The van der Waals surface area contributed by atoms with Crippen LogP contribution in [0.15, 0.2) is 82.6 Å². The number of nitrogens with one attached hydrogen (secondary N) is 1. The van der Waals surface area contributed by atoms with Gasteiger partial charge in [0.15, 0.2) is 5.78 Å². The fourth-order valence-electron chi connectivity index (χ4n) is 4.31. The Labute approximate surface area is 194 Å². The van der Waals surface area contributed by atoms with Crippen molar-refractivity contribution in [3.05, 3.63) is 95.1 Å². The fourth-order valence-corrected chi connectivity index (χ4v) is 5.99. The average Bonchev–Trinajstić information content (AvgIpc) is 2.85. The van der Waals surface area contributed by atoms with Gasteiger partial charge in [-0.15, -0.1) is 0 Å². The van der Waals surface area contributed by atoms with Gasteiger partial charge in [0.25, 0.3) is 5.91 Å². The third-order valence-corrected chi connectivity index (χ3v) is 7.94. The zero-order chi connectivity index (χ0) is 23.6. The van der Waals surface area contributed by atoms with Crippen LogP contribution in [0.5, 0.6) is 0 Å². The van der Waals surface area contributed by atoms with E-state index in [4.69, 9.17) is 0 Å². The maximum atomic E-state index is 13.1. The van der Waals surface area contributed by atoms with E-state index in [1.54, 1.807) is 12.1 Å². The number of carbonyl (C=O) groups excluding carboxylic acids is 2. The van der Waals surface area contributed by atoms with Gasteiger partial charge in [-0.2, -0.15) is 0 Å². The quantitative estimate of drug-likeness (QED) is 0.451. The van der Waals surface area contributed by atoms with Crippen molar-refractivity contribution in [3.8, 4) is 0 Å². The van der Waals surface area contributed by atoms with Crippen LogP contribution in [0.1, 0.15) is 51.7 Å². The lowest BCUT2D eigenvalue weighted by molar-refractivity contribution is 0.0933. The summed E-state index contributed by atoms with van der Waals surface area (Å²) in [5, 5.41) is 2.95. The molecule has 1 N–H and O–H groups in total. The molecule has 0 fully saturated rings. The van der Waals surface area contributed by atoms with E-state index in [9.17, 15) is 18.0 Å². The Morgan fingerprint density at radius 2 is 1.52 bits per heavy atom. The molecule has 1 unspecified atom stereocenters. The Morgan fingerprint density at radius 3 is 2.21 bits per heavy atom. The first-order valence-corrected chi connectivity index (χ1v) is 12.5. The van der Waals surface area contributed by atoms with Crippen LogP contribution in [-0.2, 0) is 9.84 Å². The second kappa shape index (κ2) is 9.29. The molecule has 4 rings (SSSR count). The minimum Gasteiger partial charge on any atom is -0.350 e. The van der Waals surface area contributed by atoms with E-state index in [0.29, 0.717) is 6.54 Å². The van der Waals surface area contributed by atoms with Gasteiger partial charge in [-0.05, 0) is 49.0 Å². The second-order valence-electron chi connectivity index (χ2n) is 7.90. The highest BCUT2D eigenvalue weighted by Crippen LogP contribution is 2.34. The summed E-state index contributed by atoms with van der Waals surface area (Å²) >= 11 is 0. The number of amides is 1. The molecule has 1 amide bonds. The number of ketones is 1. The second-order valence-corrected chi connectivity index (χ2v) is 9.78. The molecule has 33 heavy (non-hydrogen) atoms. The van der Waals surface area contributed by atoms with Gasteiger partial charge >= 0.3 is 0 Å². The molecule has 6 nitrogen and oxygen atoms in total. The monoisotopic (exact) mass is 462 g/mol. The summed E-state index contributed by atoms with van der Waals surface area (Å²) in [6.07, 6.45) is 0. The van der Waals surface area contributed by atoms with Gasteiger partial charge in [0, 0.05) is 23.2 Å². The van der Waals surface area contributed by atoms with Crippen molar-refractivity contribution in [2.75, 3.05) is 19.6 Å². The van der Waals surface area contributed by atoms with Crippen LogP contribution in [0.25, 0.3) is 0 Å². The van der Waals surface area contributed by atoms with E-state index < -0.39 is 9.84 Å². The molecule has 0 saturated heterocycles. The molecule has 1 heterocycles. The molecule has 3 aromatic rings. The van der Waals surface area contributed by atoms with E-state index in [0.717, 1.165) is 18.7 Å². The Morgan fingerprint density at radius 1 is 0.879 bits per heavy atom. The molecule has 3 aromatic carbocycles. The third kappa shape index (κ3) is 4.21. The summed E-state index contributed by atoms with van der Waals surface area (Å²) in [7, 11) is -3.89. The summed E-state index contributed by atoms with van der Waals surface area (Å²) in [6, 6.07) is 20.3. The highest BCUT2D eigenvalue weighted by atomic mass is 32.2. The molecule has 0 bridgehead atoms. The van der Waals surface area contributed by atoms with Crippen molar-refractivity contribution in [2.24, 2.45) is 0 Å². The summed E-state index contributed by atoms with van der Waals surface area (Å²) in [5.41, 5.74) is 1.55. The summed E-state index contributed by atoms with van der Waals surface area (Å²) in [5.74, 6) is -0.736. The molecule has 1 atom stereocenters. The number of hydrogen-bond donors (Lipinski definition) is 1. The van der Waals surface area contributed by atoms with E-state index >= 15 is 0 Å². The van der Waals surface area contributed by atoms with Crippen LogP contribution >= 0.6 is 0 Å². The topological polar surface area (TPSA) is 83.6 Å². The Bertz CT molecular complexity index is 1300. The van der Waals surface area contributed by atoms with Gasteiger partial charge < -0.3 is 5.32 Å². The van der Waals surface area contributed by atoms with Gasteiger partial charge in [-0.1, -0.05) is 56.3 Å². The summed E-state index contributed by atoms with van der Waals surface area (Å²) < 4.78 is 26.3. The Kier molecular flexibility index (Phi) is 6.44. The van der Waals surface area contributed by atoms with Crippen LogP contribution in [0, 0.1) is 0 Å². The van der Waals surface area contributed by atoms with Crippen molar-refractivity contribution in [1.82, 2.24) is 10.2 Å². The van der Waals surface area contributed by atoms with Gasteiger partial charge in [0.1, 0.15) is 0 Å². The van der Waals surface area contributed by atoms with Crippen molar-refractivity contribution < 1.29 is 18.0 Å². The zero-order valence-corrected chi connectivity index (χ0v) is 19.4. The largest absolute Gasteiger partial charge is 0.350 e. The molecule has 0 spiro atoms. The third-order valence-electron chi connectivity index (χ3n) is 6.09. The first kappa shape index (κ1) is 22.9. The molecule has 0 aliphatic carbocycles. The minimum absolute atomic E-state index is 0.0139. The lowest BCUT2D eigenvalue weighted by Crippen LogP contribution is -2.38. The van der Waals surface area contributed by atoms with Gasteiger partial charge in [0.05, 0.1) is 15.8 Å². The normalized spacial score (nSPS) is 14.9.